The van der Waals surface area contributed by atoms with Gasteiger partial charge in [0.25, 0.3) is 0 Å². The molecular formula is C18H30O4. The Morgan fingerprint density at radius 3 is 2.27 bits per heavy atom. The first kappa shape index (κ1) is 15.4. The van der Waals surface area contributed by atoms with Gasteiger partial charge >= 0.3 is 0 Å². The van der Waals surface area contributed by atoms with Crippen LogP contribution in [0.1, 0.15) is 78.1 Å². The molecular weight excluding hydrogens is 280 g/mol. The molecule has 2 bridgehead atoms. The molecule has 4 heteroatoms. The second-order valence-corrected chi connectivity index (χ2v) is 8.24. The number of rotatable bonds is 1. The van der Waals surface area contributed by atoms with Crippen LogP contribution in [-0.2, 0) is 19.6 Å². The van der Waals surface area contributed by atoms with Crippen LogP contribution >= 0.6 is 0 Å². The molecule has 4 rings (SSSR count). The predicted molar refractivity (Wildman–Crippen MR) is 81.3 cm³/mol. The lowest BCUT2D eigenvalue weighted by Crippen LogP contribution is -2.61. The molecule has 3 aliphatic carbocycles. The first-order valence-electron chi connectivity index (χ1n) is 9.39. The van der Waals surface area contributed by atoms with Crippen molar-refractivity contribution in [3.63, 3.8) is 0 Å². The molecule has 1 saturated heterocycles. The number of hydrogen-bond acceptors (Lipinski definition) is 4. The van der Waals surface area contributed by atoms with Crippen molar-refractivity contribution in [2.24, 2.45) is 23.7 Å². The van der Waals surface area contributed by atoms with Gasteiger partial charge in [-0.25, -0.2) is 0 Å². The minimum atomic E-state index is -0.664. The zero-order valence-electron chi connectivity index (χ0n) is 14.0. The van der Waals surface area contributed by atoms with Crippen LogP contribution in [0.15, 0.2) is 0 Å². The van der Waals surface area contributed by atoms with E-state index in [-0.39, 0.29) is 0 Å². The topological polar surface area (TPSA) is 36.9 Å². The molecule has 0 aromatic rings. The van der Waals surface area contributed by atoms with Gasteiger partial charge in [-0.2, -0.15) is 19.6 Å². The smallest absolute Gasteiger partial charge is 0.195 e. The van der Waals surface area contributed by atoms with E-state index in [9.17, 15) is 0 Å². The molecule has 1 aliphatic heterocycles. The average Bonchev–Trinajstić information content (AvgIpc) is 2.54. The second-order valence-electron chi connectivity index (χ2n) is 8.24. The van der Waals surface area contributed by atoms with E-state index in [0.717, 1.165) is 50.4 Å². The van der Waals surface area contributed by atoms with Crippen molar-refractivity contribution in [1.29, 1.82) is 0 Å². The van der Waals surface area contributed by atoms with Gasteiger partial charge in [0.05, 0.1) is 0 Å². The van der Waals surface area contributed by atoms with Crippen molar-refractivity contribution >= 4 is 0 Å². The summed E-state index contributed by atoms with van der Waals surface area (Å²) in [5.74, 6) is 1.05. The maximum Gasteiger partial charge on any atom is 0.239 e. The van der Waals surface area contributed by atoms with E-state index in [2.05, 4.69) is 13.8 Å². The zero-order valence-corrected chi connectivity index (χ0v) is 14.0. The summed E-state index contributed by atoms with van der Waals surface area (Å²) >= 11 is 0. The zero-order chi connectivity index (χ0) is 15.2. The molecule has 4 fully saturated rings. The van der Waals surface area contributed by atoms with Gasteiger partial charge in [-0.05, 0) is 56.8 Å². The van der Waals surface area contributed by atoms with Crippen molar-refractivity contribution in [3.05, 3.63) is 0 Å². The van der Waals surface area contributed by atoms with Crippen LogP contribution < -0.4 is 0 Å². The molecule has 0 amide bonds. The van der Waals surface area contributed by atoms with Crippen LogP contribution in [0.5, 0.6) is 0 Å². The summed E-state index contributed by atoms with van der Waals surface area (Å²) in [5, 5.41) is 0. The first-order valence-corrected chi connectivity index (χ1v) is 9.39. The highest BCUT2D eigenvalue weighted by atomic mass is 17.4. The van der Waals surface area contributed by atoms with Gasteiger partial charge in [0.2, 0.25) is 11.6 Å². The van der Waals surface area contributed by atoms with Crippen molar-refractivity contribution in [2.75, 3.05) is 0 Å². The van der Waals surface area contributed by atoms with Crippen LogP contribution in [0.4, 0.5) is 0 Å². The summed E-state index contributed by atoms with van der Waals surface area (Å²) in [7, 11) is 0. The third kappa shape index (κ3) is 2.43. The van der Waals surface area contributed by atoms with Crippen LogP contribution in [0.2, 0.25) is 0 Å². The highest BCUT2D eigenvalue weighted by Crippen LogP contribution is 2.56. The highest BCUT2D eigenvalue weighted by Gasteiger charge is 2.60. The van der Waals surface area contributed by atoms with Crippen molar-refractivity contribution in [1.82, 2.24) is 0 Å². The van der Waals surface area contributed by atoms with Crippen LogP contribution in [0.3, 0.4) is 0 Å². The van der Waals surface area contributed by atoms with Gasteiger partial charge in [0.15, 0.2) is 0 Å². The molecule has 4 unspecified atom stereocenters. The largest absolute Gasteiger partial charge is 0.239 e. The molecule has 0 N–H and O–H groups in total. The molecule has 4 nitrogen and oxygen atoms in total. The van der Waals surface area contributed by atoms with Crippen molar-refractivity contribution in [2.45, 2.75) is 89.6 Å². The van der Waals surface area contributed by atoms with E-state index in [1.165, 1.54) is 25.7 Å². The summed E-state index contributed by atoms with van der Waals surface area (Å²) in [6.07, 6.45) is 11.2. The Kier molecular flexibility index (Phi) is 4.00. The van der Waals surface area contributed by atoms with Gasteiger partial charge in [0, 0.05) is 24.7 Å². The Morgan fingerprint density at radius 1 is 0.864 bits per heavy atom. The van der Waals surface area contributed by atoms with Crippen LogP contribution in [0, 0.1) is 23.7 Å². The lowest BCUT2D eigenvalue weighted by Gasteiger charge is -2.55. The fraction of sp³-hybridized carbons (Fsp3) is 1.00. The SMILES string of the molecule is CCC1CC2CC(C)CC(C2)C12OOC1(CCCCC1)OO2. The van der Waals surface area contributed by atoms with Gasteiger partial charge < -0.3 is 0 Å². The van der Waals surface area contributed by atoms with Gasteiger partial charge in [-0.1, -0.05) is 20.3 Å². The standard InChI is InChI=1S/C18H30O4/c1-3-15-11-14-9-13(2)10-16(12-14)18(15)21-19-17(20-22-18)7-5-4-6-8-17/h13-16H,3-12H2,1-2H3. The van der Waals surface area contributed by atoms with Gasteiger partial charge in [0.1, 0.15) is 0 Å². The van der Waals surface area contributed by atoms with Crippen molar-refractivity contribution in [3.8, 4) is 0 Å². The molecule has 2 spiro atoms. The minimum Gasteiger partial charge on any atom is -0.195 e. The fourth-order valence-electron chi connectivity index (χ4n) is 5.46. The maximum atomic E-state index is 6.09. The van der Waals surface area contributed by atoms with E-state index in [4.69, 9.17) is 19.6 Å². The van der Waals surface area contributed by atoms with Gasteiger partial charge in [-0.15, -0.1) is 0 Å². The Balaban J connectivity index is 1.54. The summed E-state index contributed by atoms with van der Waals surface area (Å²) in [4.78, 5) is 24.0. The lowest BCUT2D eigenvalue weighted by atomic mass is 9.61. The fourth-order valence-corrected chi connectivity index (χ4v) is 5.46. The normalized spacial score (nSPS) is 43.4. The summed E-state index contributed by atoms with van der Waals surface area (Å²) in [6, 6.07) is 0. The number of fused-ring (bicyclic) bond motifs is 3. The molecule has 0 aromatic heterocycles. The Labute approximate surface area is 133 Å². The van der Waals surface area contributed by atoms with Gasteiger partial charge in [-0.3, -0.25) is 0 Å². The molecule has 4 aliphatic rings. The lowest BCUT2D eigenvalue weighted by molar-refractivity contribution is -0.677. The van der Waals surface area contributed by atoms with E-state index < -0.39 is 11.6 Å². The number of hydrogen-bond donors (Lipinski definition) is 0. The first-order chi connectivity index (χ1) is 10.7. The molecule has 3 saturated carbocycles. The second kappa shape index (κ2) is 5.73. The van der Waals surface area contributed by atoms with E-state index in [0.29, 0.717) is 11.8 Å². The molecule has 1 heterocycles. The minimum absolute atomic E-state index is 0.379. The van der Waals surface area contributed by atoms with E-state index in [1.807, 2.05) is 0 Å². The molecule has 126 valence electrons. The highest BCUT2D eigenvalue weighted by molar-refractivity contribution is 4.97. The Bertz CT molecular complexity index is 392. The molecule has 4 atom stereocenters. The van der Waals surface area contributed by atoms with Crippen LogP contribution in [-0.4, -0.2) is 11.6 Å². The quantitative estimate of drug-likeness (QED) is 0.656. The van der Waals surface area contributed by atoms with Crippen LogP contribution in [0.25, 0.3) is 0 Å². The molecule has 22 heavy (non-hydrogen) atoms. The van der Waals surface area contributed by atoms with E-state index >= 15 is 0 Å². The molecule has 0 aromatic carbocycles. The summed E-state index contributed by atoms with van der Waals surface area (Å²) in [6.45, 7) is 4.58. The monoisotopic (exact) mass is 310 g/mol. The van der Waals surface area contributed by atoms with Crippen molar-refractivity contribution < 1.29 is 19.6 Å². The third-order valence-corrected chi connectivity index (χ3v) is 6.55. The summed E-state index contributed by atoms with van der Waals surface area (Å²) in [5.41, 5.74) is 0. The Morgan fingerprint density at radius 2 is 1.59 bits per heavy atom. The maximum absolute atomic E-state index is 6.09. The molecule has 0 radical (unpaired) electrons. The van der Waals surface area contributed by atoms with E-state index in [1.54, 1.807) is 0 Å². The average molecular weight is 310 g/mol. The summed E-state index contributed by atoms with van der Waals surface area (Å²) < 4.78 is 0. The predicted octanol–water partition coefficient (Wildman–Crippen LogP) is 4.74. The Hall–Kier alpha value is -0.160. The third-order valence-electron chi connectivity index (χ3n) is 6.55.